The predicted octanol–water partition coefficient (Wildman–Crippen LogP) is 3.09. The molecule has 0 amide bonds. The molecule has 1 atom stereocenters. The van der Waals surface area contributed by atoms with Gasteiger partial charge in [-0.25, -0.2) is 0 Å². The van der Waals surface area contributed by atoms with E-state index in [2.05, 4.69) is 6.92 Å². The molecule has 0 radical (unpaired) electrons. The molecule has 0 aliphatic carbocycles. The molecule has 0 rings (SSSR count). The van der Waals surface area contributed by atoms with Crippen LogP contribution in [0.3, 0.4) is 0 Å². The largest absolute Gasteiger partial charge is 0.465 e. The zero-order valence-electron chi connectivity index (χ0n) is 12.0. The fraction of sp³-hybridized carbons (Fsp3) is 0.857. The van der Waals surface area contributed by atoms with Crippen molar-refractivity contribution in [1.29, 1.82) is 0 Å². The highest BCUT2D eigenvalue weighted by molar-refractivity contribution is 5.91. The number of hydrogen-bond donors (Lipinski definition) is 0. The first-order valence-electron chi connectivity index (χ1n) is 6.80. The Balaban J connectivity index is 3.71. The smallest absolute Gasteiger partial charge is 0.317 e. The zero-order chi connectivity index (χ0) is 14.0. The molecule has 0 aromatic rings. The van der Waals surface area contributed by atoms with Crippen LogP contribution in [0.25, 0.3) is 0 Å². The molecular weight excluding hydrogens is 232 g/mol. The highest BCUT2D eigenvalue weighted by atomic mass is 16.6. The predicted molar refractivity (Wildman–Crippen MR) is 70.1 cm³/mol. The molecular formula is C14H26O4. The summed E-state index contributed by atoms with van der Waals surface area (Å²) in [5.41, 5.74) is 0. The van der Waals surface area contributed by atoms with E-state index < -0.39 is 11.9 Å². The number of esters is 2. The SMILES string of the molecule is CCCCCC(C)OC(=O)CC(=O)OCC(C)C. The molecule has 0 saturated carbocycles. The van der Waals surface area contributed by atoms with Crippen molar-refractivity contribution in [3.05, 3.63) is 0 Å². The van der Waals surface area contributed by atoms with Gasteiger partial charge in [-0.05, 0) is 25.7 Å². The quantitative estimate of drug-likeness (QED) is 0.362. The van der Waals surface area contributed by atoms with Gasteiger partial charge in [0.1, 0.15) is 6.42 Å². The van der Waals surface area contributed by atoms with Crippen LogP contribution in [-0.4, -0.2) is 24.6 Å². The second-order valence-electron chi connectivity index (χ2n) is 5.05. The maximum absolute atomic E-state index is 11.4. The van der Waals surface area contributed by atoms with Crippen LogP contribution in [0.4, 0.5) is 0 Å². The Morgan fingerprint density at radius 1 is 1.06 bits per heavy atom. The van der Waals surface area contributed by atoms with Gasteiger partial charge >= 0.3 is 11.9 Å². The lowest BCUT2D eigenvalue weighted by molar-refractivity contribution is -0.157. The second-order valence-corrected chi connectivity index (χ2v) is 5.05. The maximum atomic E-state index is 11.4. The molecule has 0 N–H and O–H groups in total. The molecule has 0 aliphatic rings. The summed E-state index contributed by atoms with van der Waals surface area (Å²) in [5, 5.41) is 0. The van der Waals surface area contributed by atoms with Crippen molar-refractivity contribution in [1.82, 2.24) is 0 Å². The van der Waals surface area contributed by atoms with Gasteiger partial charge in [0.15, 0.2) is 0 Å². The molecule has 0 aliphatic heterocycles. The van der Waals surface area contributed by atoms with Crippen molar-refractivity contribution in [2.24, 2.45) is 5.92 Å². The van der Waals surface area contributed by atoms with E-state index in [0.717, 1.165) is 25.7 Å². The molecule has 4 heteroatoms. The summed E-state index contributed by atoms with van der Waals surface area (Å²) >= 11 is 0. The minimum atomic E-state index is -0.505. The van der Waals surface area contributed by atoms with Gasteiger partial charge in [-0.2, -0.15) is 0 Å². The minimum absolute atomic E-state index is 0.123. The van der Waals surface area contributed by atoms with E-state index in [-0.39, 0.29) is 18.4 Å². The second kappa shape index (κ2) is 9.92. The van der Waals surface area contributed by atoms with E-state index in [9.17, 15) is 9.59 Å². The lowest BCUT2D eigenvalue weighted by Gasteiger charge is -2.13. The average Bonchev–Trinajstić information content (AvgIpc) is 2.26. The number of rotatable bonds is 9. The molecule has 0 fully saturated rings. The van der Waals surface area contributed by atoms with Crippen molar-refractivity contribution in [3.8, 4) is 0 Å². The number of carbonyl (C=O) groups excluding carboxylic acids is 2. The number of carbonyl (C=O) groups is 2. The van der Waals surface area contributed by atoms with Crippen LogP contribution in [0.15, 0.2) is 0 Å². The van der Waals surface area contributed by atoms with E-state index in [1.165, 1.54) is 0 Å². The topological polar surface area (TPSA) is 52.6 Å². The third-order valence-electron chi connectivity index (χ3n) is 2.41. The molecule has 0 bridgehead atoms. The Morgan fingerprint density at radius 3 is 2.28 bits per heavy atom. The summed E-state index contributed by atoms with van der Waals surface area (Å²) < 4.78 is 10.0. The van der Waals surface area contributed by atoms with Gasteiger partial charge in [-0.3, -0.25) is 9.59 Å². The Kier molecular flexibility index (Phi) is 9.33. The fourth-order valence-electron chi connectivity index (χ4n) is 1.44. The lowest BCUT2D eigenvalue weighted by Crippen LogP contribution is -2.20. The van der Waals surface area contributed by atoms with Gasteiger partial charge in [0, 0.05) is 0 Å². The van der Waals surface area contributed by atoms with Crippen molar-refractivity contribution in [3.63, 3.8) is 0 Å². The van der Waals surface area contributed by atoms with Crippen LogP contribution in [0.2, 0.25) is 0 Å². The third kappa shape index (κ3) is 10.1. The summed E-state index contributed by atoms with van der Waals surface area (Å²) in [6.07, 6.45) is 3.76. The Labute approximate surface area is 110 Å². The van der Waals surface area contributed by atoms with E-state index in [1.807, 2.05) is 20.8 Å². The van der Waals surface area contributed by atoms with Gasteiger partial charge in [0.05, 0.1) is 12.7 Å². The third-order valence-corrected chi connectivity index (χ3v) is 2.41. The van der Waals surface area contributed by atoms with E-state index >= 15 is 0 Å². The van der Waals surface area contributed by atoms with E-state index in [1.54, 1.807) is 0 Å². The molecule has 4 nitrogen and oxygen atoms in total. The van der Waals surface area contributed by atoms with E-state index in [0.29, 0.717) is 6.61 Å². The van der Waals surface area contributed by atoms with Gasteiger partial charge < -0.3 is 9.47 Å². The van der Waals surface area contributed by atoms with Gasteiger partial charge in [0.25, 0.3) is 0 Å². The summed E-state index contributed by atoms with van der Waals surface area (Å²) in [4.78, 5) is 22.7. The van der Waals surface area contributed by atoms with Crippen molar-refractivity contribution in [2.45, 2.75) is 65.9 Å². The summed E-state index contributed by atoms with van der Waals surface area (Å²) in [6.45, 7) is 8.22. The Morgan fingerprint density at radius 2 is 1.72 bits per heavy atom. The monoisotopic (exact) mass is 258 g/mol. The van der Waals surface area contributed by atoms with Crippen LogP contribution >= 0.6 is 0 Å². The molecule has 18 heavy (non-hydrogen) atoms. The van der Waals surface area contributed by atoms with Crippen molar-refractivity contribution < 1.29 is 19.1 Å². The van der Waals surface area contributed by atoms with Gasteiger partial charge in [-0.15, -0.1) is 0 Å². The van der Waals surface area contributed by atoms with Crippen LogP contribution in [-0.2, 0) is 19.1 Å². The number of hydrogen-bond acceptors (Lipinski definition) is 4. The molecule has 0 aromatic heterocycles. The van der Waals surface area contributed by atoms with Crippen molar-refractivity contribution in [2.75, 3.05) is 6.61 Å². The van der Waals surface area contributed by atoms with Gasteiger partial charge in [0.2, 0.25) is 0 Å². The first-order chi connectivity index (χ1) is 8.45. The molecule has 0 saturated heterocycles. The average molecular weight is 258 g/mol. The number of unbranched alkanes of at least 4 members (excludes halogenated alkanes) is 2. The molecule has 0 heterocycles. The normalized spacial score (nSPS) is 12.3. The molecule has 106 valence electrons. The minimum Gasteiger partial charge on any atom is -0.465 e. The standard InChI is InChI=1S/C14H26O4/c1-5-6-7-8-12(4)18-14(16)9-13(15)17-10-11(2)3/h11-12H,5-10H2,1-4H3. The fourth-order valence-corrected chi connectivity index (χ4v) is 1.44. The van der Waals surface area contributed by atoms with E-state index in [4.69, 9.17) is 9.47 Å². The Hall–Kier alpha value is -1.06. The highest BCUT2D eigenvalue weighted by Gasteiger charge is 2.15. The highest BCUT2D eigenvalue weighted by Crippen LogP contribution is 2.07. The summed E-state index contributed by atoms with van der Waals surface area (Å²) in [5.74, 6) is -0.722. The Bertz CT molecular complexity index is 248. The lowest BCUT2D eigenvalue weighted by atomic mass is 10.1. The van der Waals surface area contributed by atoms with Gasteiger partial charge in [-0.1, -0.05) is 33.6 Å². The first kappa shape index (κ1) is 16.9. The van der Waals surface area contributed by atoms with Crippen LogP contribution in [0.1, 0.15) is 59.8 Å². The van der Waals surface area contributed by atoms with Crippen LogP contribution in [0.5, 0.6) is 0 Å². The van der Waals surface area contributed by atoms with Crippen LogP contribution in [0, 0.1) is 5.92 Å². The van der Waals surface area contributed by atoms with Crippen LogP contribution < -0.4 is 0 Å². The molecule has 0 aromatic carbocycles. The molecule has 0 spiro atoms. The summed E-state index contributed by atoms with van der Waals surface area (Å²) in [6, 6.07) is 0. The molecule has 1 unspecified atom stereocenters. The zero-order valence-corrected chi connectivity index (χ0v) is 12.0. The summed E-state index contributed by atoms with van der Waals surface area (Å²) in [7, 11) is 0. The first-order valence-corrected chi connectivity index (χ1v) is 6.80. The van der Waals surface area contributed by atoms with Crippen molar-refractivity contribution >= 4 is 11.9 Å². The number of ether oxygens (including phenoxy) is 2. The maximum Gasteiger partial charge on any atom is 0.317 e.